The predicted octanol–water partition coefficient (Wildman–Crippen LogP) is 5.81. The van der Waals surface area contributed by atoms with E-state index in [1.807, 2.05) is 30.1 Å². The molecule has 1 atom stereocenters. The van der Waals surface area contributed by atoms with Crippen LogP contribution in [0.1, 0.15) is 17.7 Å². The van der Waals surface area contributed by atoms with Gasteiger partial charge >= 0.3 is 6.09 Å². The highest BCUT2D eigenvalue weighted by molar-refractivity contribution is 7.90. The Morgan fingerprint density at radius 3 is 2.30 bits per heavy atom. The van der Waals surface area contributed by atoms with Crippen molar-refractivity contribution < 1.29 is 23.1 Å². The van der Waals surface area contributed by atoms with E-state index in [0.717, 1.165) is 16.1 Å². The second kappa shape index (κ2) is 11.6. The molecule has 0 saturated carbocycles. The first kappa shape index (κ1) is 29.3. The number of carboxylic acid groups (broad SMARTS) is 1. The average molecular weight is 602 g/mol. The molecule has 5 rings (SSSR count). The number of imidazole rings is 1. The zero-order chi connectivity index (χ0) is 30.9. The molecule has 0 radical (unpaired) electrons. The molecule has 0 fully saturated rings. The van der Waals surface area contributed by atoms with Gasteiger partial charge in [-0.15, -0.1) is 0 Å². The fourth-order valence-corrected chi connectivity index (χ4v) is 5.22. The van der Waals surface area contributed by atoms with Gasteiger partial charge in [-0.25, -0.2) is 28.1 Å². The Kier molecular flexibility index (Phi) is 7.91. The van der Waals surface area contributed by atoms with E-state index >= 15 is 0 Å². The summed E-state index contributed by atoms with van der Waals surface area (Å²) >= 11 is 0. The van der Waals surface area contributed by atoms with Gasteiger partial charge in [-0.2, -0.15) is 4.98 Å². The number of aromatic nitrogens is 4. The van der Waals surface area contributed by atoms with Crippen LogP contribution in [-0.4, -0.2) is 59.5 Å². The summed E-state index contributed by atoms with van der Waals surface area (Å²) in [6.45, 7) is 1.66. The third kappa shape index (κ3) is 6.06. The molecule has 13 heteroatoms. The zero-order valence-electron chi connectivity index (χ0n) is 24.3. The van der Waals surface area contributed by atoms with Gasteiger partial charge in [0.1, 0.15) is 11.6 Å². The van der Waals surface area contributed by atoms with Crippen molar-refractivity contribution in [1.29, 1.82) is 0 Å². The normalized spacial score (nSPS) is 12.1. The van der Waals surface area contributed by atoms with Gasteiger partial charge < -0.3 is 24.6 Å². The molecule has 0 saturated heterocycles. The van der Waals surface area contributed by atoms with E-state index in [2.05, 4.69) is 20.3 Å². The van der Waals surface area contributed by atoms with Crippen molar-refractivity contribution in [3.05, 3.63) is 84.6 Å². The van der Waals surface area contributed by atoms with Crippen LogP contribution in [0.25, 0.3) is 11.0 Å². The van der Waals surface area contributed by atoms with E-state index in [1.165, 1.54) is 6.26 Å². The number of rotatable bonds is 9. The van der Waals surface area contributed by atoms with Crippen LogP contribution in [0.15, 0.2) is 79.0 Å². The van der Waals surface area contributed by atoms with Crippen LogP contribution >= 0.6 is 0 Å². The van der Waals surface area contributed by atoms with Crippen molar-refractivity contribution >= 4 is 61.7 Å². The zero-order valence-corrected chi connectivity index (χ0v) is 25.1. The van der Waals surface area contributed by atoms with E-state index in [4.69, 9.17) is 4.74 Å². The lowest BCUT2D eigenvalue weighted by molar-refractivity contribution is 0.204. The van der Waals surface area contributed by atoms with E-state index < -0.39 is 21.2 Å². The summed E-state index contributed by atoms with van der Waals surface area (Å²) < 4.78 is 30.7. The van der Waals surface area contributed by atoms with Crippen LogP contribution in [0, 0.1) is 0 Å². The minimum absolute atomic E-state index is 0.248. The summed E-state index contributed by atoms with van der Waals surface area (Å²) in [6, 6.07) is 21.2. The van der Waals surface area contributed by atoms with Crippen LogP contribution in [-0.2, 0) is 16.9 Å². The van der Waals surface area contributed by atoms with Crippen molar-refractivity contribution in [3.8, 4) is 5.75 Å². The molecule has 5 aromatic rings. The van der Waals surface area contributed by atoms with Gasteiger partial charge in [-0.05, 0) is 73.2 Å². The standard InChI is InChI=1S/C30H31N7O5S/c1-19(43(5,40)41)20-6-8-21(9-7-20)32-28-31-17-16-27(34-28)35(2)23-12-15-26-25(18-23)33-29(36(26)3)37(30(38)39)22-10-13-24(42-4)14-11-22/h6-19H,1-5H3,(H,38,39)(H,31,32,34). The molecule has 0 aliphatic rings. The number of hydrogen-bond acceptors (Lipinski definition) is 9. The van der Waals surface area contributed by atoms with Gasteiger partial charge in [-0.3, -0.25) is 0 Å². The molecule has 2 N–H and O–H groups in total. The first-order valence-electron chi connectivity index (χ1n) is 13.2. The van der Waals surface area contributed by atoms with Crippen LogP contribution in [0.3, 0.4) is 0 Å². The molecule has 0 aliphatic carbocycles. The van der Waals surface area contributed by atoms with Gasteiger partial charge in [0.15, 0.2) is 9.84 Å². The smallest absolute Gasteiger partial charge is 0.418 e. The number of fused-ring (bicyclic) bond motifs is 1. The maximum Gasteiger partial charge on any atom is 0.418 e. The van der Waals surface area contributed by atoms with Crippen LogP contribution < -0.4 is 19.9 Å². The Morgan fingerprint density at radius 2 is 1.67 bits per heavy atom. The Hall–Kier alpha value is -5.17. The fourth-order valence-electron chi connectivity index (χ4n) is 4.57. The number of ether oxygens (including phenoxy) is 1. The molecular formula is C30H31N7O5S. The first-order chi connectivity index (χ1) is 20.5. The van der Waals surface area contributed by atoms with Gasteiger partial charge in [0, 0.05) is 37.9 Å². The molecule has 1 unspecified atom stereocenters. The molecule has 12 nitrogen and oxygen atoms in total. The number of anilines is 6. The third-order valence-corrected chi connectivity index (χ3v) is 8.77. The van der Waals surface area contributed by atoms with Crippen molar-refractivity contribution in [2.75, 3.05) is 35.5 Å². The maximum absolute atomic E-state index is 12.3. The number of sulfone groups is 1. The minimum Gasteiger partial charge on any atom is -0.497 e. The van der Waals surface area contributed by atoms with Gasteiger partial charge in [0.2, 0.25) is 11.9 Å². The lowest BCUT2D eigenvalue weighted by atomic mass is 10.1. The van der Waals surface area contributed by atoms with Gasteiger partial charge in [0.05, 0.1) is 29.1 Å². The molecule has 2 heterocycles. The number of nitrogens with one attached hydrogen (secondary N) is 1. The number of benzene rings is 3. The largest absolute Gasteiger partial charge is 0.497 e. The molecule has 0 bridgehead atoms. The van der Waals surface area contributed by atoms with Crippen molar-refractivity contribution in [2.24, 2.45) is 7.05 Å². The van der Waals surface area contributed by atoms with Crippen molar-refractivity contribution in [2.45, 2.75) is 12.2 Å². The highest BCUT2D eigenvalue weighted by Gasteiger charge is 2.24. The quantitative estimate of drug-likeness (QED) is 0.213. The van der Waals surface area contributed by atoms with Crippen LogP contribution in [0.2, 0.25) is 0 Å². The molecule has 222 valence electrons. The number of amides is 1. The predicted molar refractivity (Wildman–Crippen MR) is 167 cm³/mol. The lowest BCUT2D eigenvalue weighted by Gasteiger charge is -2.19. The number of nitrogens with zero attached hydrogens (tertiary/aromatic N) is 6. The fraction of sp³-hybridized carbons (Fsp3) is 0.200. The number of hydrogen-bond donors (Lipinski definition) is 2. The van der Waals surface area contributed by atoms with Gasteiger partial charge in [-0.1, -0.05) is 12.1 Å². The number of methoxy groups -OCH3 is 1. The summed E-state index contributed by atoms with van der Waals surface area (Å²) in [6.07, 6.45) is 1.69. The van der Waals surface area contributed by atoms with Crippen molar-refractivity contribution in [1.82, 2.24) is 19.5 Å². The molecule has 43 heavy (non-hydrogen) atoms. The minimum atomic E-state index is -3.20. The number of carbonyl (C=O) groups is 1. The van der Waals surface area contributed by atoms with E-state index in [1.54, 1.807) is 86.4 Å². The summed E-state index contributed by atoms with van der Waals surface area (Å²) in [5.41, 5.74) is 4.00. The highest BCUT2D eigenvalue weighted by Crippen LogP contribution is 2.32. The summed E-state index contributed by atoms with van der Waals surface area (Å²) in [7, 11) is 1.98. The van der Waals surface area contributed by atoms with E-state index in [-0.39, 0.29) is 5.95 Å². The first-order valence-corrected chi connectivity index (χ1v) is 15.2. The molecule has 0 aliphatic heterocycles. The second-order valence-electron chi connectivity index (χ2n) is 9.98. The second-order valence-corrected chi connectivity index (χ2v) is 12.3. The van der Waals surface area contributed by atoms with Crippen LogP contribution in [0.5, 0.6) is 5.75 Å². The van der Waals surface area contributed by atoms with E-state index in [0.29, 0.717) is 40.0 Å². The topological polar surface area (TPSA) is 143 Å². The average Bonchev–Trinajstić information content (AvgIpc) is 3.31. The van der Waals surface area contributed by atoms with Gasteiger partial charge in [0.25, 0.3) is 0 Å². The molecule has 2 aromatic heterocycles. The Bertz CT molecular complexity index is 1890. The third-order valence-electron chi connectivity index (χ3n) is 7.21. The maximum atomic E-state index is 12.3. The Morgan fingerprint density at radius 1 is 1.00 bits per heavy atom. The van der Waals surface area contributed by atoms with Crippen molar-refractivity contribution in [3.63, 3.8) is 0 Å². The SMILES string of the molecule is COc1ccc(N(C(=O)O)c2nc3cc(N(C)c4ccnc(Nc5ccc(C(C)S(C)(=O)=O)cc5)n4)ccc3n2C)cc1. The Labute approximate surface area is 249 Å². The van der Waals surface area contributed by atoms with E-state index in [9.17, 15) is 18.3 Å². The monoisotopic (exact) mass is 601 g/mol. The molecule has 0 spiro atoms. The Balaban J connectivity index is 1.39. The number of aryl methyl sites for hydroxylation is 1. The van der Waals surface area contributed by atoms with Crippen LogP contribution in [0.4, 0.5) is 39.6 Å². The highest BCUT2D eigenvalue weighted by atomic mass is 32.2. The summed E-state index contributed by atoms with van der Waals surface area (Å²) in [5, 5.41) is 12.6. The molecule has 3 aromatic carbocycles. The molecule has 1 amide bonds. The summed E-state index contributed by atoms with van der Waals surface area (Å²) in [4.78, 5) is 28.9. The molecular weight excluding hydrogens is 570 g/mol. The summed E-state index contributed by atoms with van der Waals surface area (Å²) in [5.74, 6) is 1.84. The lowest BCUT2D eigenvalue weighted by Crippen LogP contribution is -2.26.